The van der Waals surface area contributed by atoms with Gasteiger partial charge in [0.15, 0.2) is 5.82 Å². The summed E-state index contributed by atoms with van der Waals surface area (Å²) in [6, 6.07) is 76.5. The van der Waals surface area contributed by atoms with Crippen LogP contribution in [-0.2, 0) is 6.42 Å². The summed E-state index contributed by atoms with van der Waals surface area (Å²) in [5.41, 5.74) is 19.5. The fourth-order valence-electron chi connectivity index (χ4n) is 9.60. The molecule has 0 N–H and O–H groups in total. The van der Waals surface area contributed by atoms with Crippen molar-refractivity contribution in [2.45, 2.75) is 12.8 Å². The predicted octanol–water partition coefficient (Wildman–Crippen LogP) is 15.7. The van der Waals surface area contributed by atoms with Gasteiger partial charge in [-0.1, -0.05) is 182 Å². The Labute approximate surface area is 366 Å². The molecule has 0 saturated heterocycles. The first-order valence-electron chi connectivity index (χ1n) is 21.8. The number of rotatable bonds is 7. The minimum absolute atomic E-state index is 0.693. The number of fused-ring (bicyclic) bond motifs is 5. The second-order valence-corrected chi connectivity index (χ2v) is 16.4. The van der Waals surface area contributed by atoms with Crippen molar-refractivity contribution in [1.82, 2.24) is 14.5 Å². The molecule has 0 fully saturated rings. The van der Waals surface area contributed by atoms with Crippen LogP contribution in [0.15, 0.2) is 218 Å². The number of nitrogens with zero attached hydrogens (tertiary/aromatic N) is 3. The average molecular weight is 804 g/mol. The van der Waals surface area contributed by atoms with E-state index in [1.54, 1.807) is 0 Å². The monoisotopic (exact) mass is 803 g/mol. The van der Waals surface area contributed by atoms with E-state index in [-0.39, 0.29) is 0 Å². The summed E-state index contributed by atoms with van der Waals surface area (Å²) in [5.74, 6) is 0.693. The van der Waals surface area contributed by atoms with Gasteiger partial charge in [-0.2, -0.15) is 0 Å². The first-order valence-corrected chi connectivity index (χ1v) is 21.8. The Kier molecular flexibility index (Phi) is 8.97. The number of para-hydroxylation sites is 1. The third-order valence-corrected chi connectivity index (χ3v) is 12.7. The number of benzene rings is 9. The zero-order valence-corrected chi connectivity index (χ0v) is 34.6. The number of aromatic nitrogens is 3. The van der Waals surface area contributed by atoms with Gasteiger partial charge in [-0.25, -0.2) is 9.97 Å². The van der Waals surface area contributed by atoms with Crippen LogP contribution in [0.25, 0.3) is 112 Å². The second kappa shape index (κ2) is 15.4. The van der Waals surface area contributed by atoms with Gasteiger partial charge < -0.3 is 4.57 Å². The third-order valence-electron chi connectivity index (χ3n) is 12.7. The minimum atomic E-state index is 0.693. The molecule has 0 aliphatic heterocycles. The molecule has 3 heteroatoms. The van der Waals surface area contributed by atoms with E-state index in [1.807, 2.05) is 0 Å². The molecule has 1 aliphatic carbocycles. The van der Waals surface area contributed by atoms with Crippen LogP contribution in [0.5, 0.6) is 0 Å². The summed E-state index contributed by atoms with van der Waals surface area (Å²) in [6.07, 6.45) is 6.76. The Bertz CT molecular complexity index is 3530. The van der Waals surface area contributed by atoms with Gasteiger partial charge in [0.1, 0.15) is 0 Å². The lowest BCUT2D eigenvalue weighted by molar-refractivity contribution is 0.986. The van der Waals surface area contributed by atoms with E-state index < -0.39 is 0 Å². The summed E-state index contributed by atoms with van der Waals surface area (Å²) in [5, 5.41) is 3.43. The molecule has 0 amide bonds. The quantitative estimate of drug-likeness (QED) is 0.161. The van der Waals surface area contributed by atoms with E-state index in [4.69, 9.17) is 9.97 Å². The Hall–Kier alpha value is -8.14. The lowest BCUT2D eigenvalue weighted by atomic mass is 9.89. The highest BCUT2D eigenvalue weighted by Gasteiger charge is 2.21. The maximum atomic E-state index is 5.39. The smallest absolute Gasteiger partial charge is 0.160 e. The number of aryl methyl sites for hydroxylation is 1. The largest absolute Gasteiger partial charge is 0.309 e. The van der Waals surface area contributed by atoms with Gasteiger partial charge in [-0.05, 0) is 105 Å². The van der Waals surface area contributed by atoms with E-state index in [0.29, 0.717) is 5.82 Å². The van der Waals surface area contributed by atoms with E-state index >= 15 is 0 Å². The second-order valence-electron chi connectivity index (χ2n) is 16.4. The molecule has 3 nitrogen and oxygen atoms in total. The highest BCUT2D eigenvalue weighted by molar-refractivity contribution is 6.16. The van der Waals surface area contributed by atoms with Crippen LogP contribution in [0.2, 0.25) is 0 Å². The Balaban J connectivity index is 1.04. The van der Waals surface area contributed by atoms with Crippen LogP contribution < -0.4 is 0 Å². The zero-order chi connectivity index (χ0) is 41.7. The van der Waals surface area contributed by atoms with E-state index in [0.717, 1.165) is 57.3 Å². The van der Waals surface area contributed by atoms with Crippen molar-refractivity contribution in [2.24, 2.45) is 0 Å². The van der Waals surface area contributed by atoms with Gasteiger partial charge in [0.05, 0.1) is 22.2 Å². The first kappa shape index (κ1) is 36.7. The molecule has 296 valence electrons. The lowest BCUT2D eigenvalue weighted by Gasteiger charge is -2.16. The molecule has 63 heavy (non-hydrogen) atoms. The molecular weight excluding hydrogens is 763 g/mol. The van der Waals surface area contributed by atoms with Crippen molar-refractivity contribution in [1.29, 1.82) is 0 Å². The summed E-state index contributed by atoms with van der Waals surface area (Å²) in [6.45, 7) is 0. The Morgan fingerprint density at radius 2 is 1.03 bits per heavy atom. The van der Waals surface area contributed by atoms with Crippen molar-refractivity contribution in [2.75, 3.05) is 0 Å². The van der Waals surface area contributed by atoms with Gasteiger partial charge in [0.25, 0.3) is 0 Å². The molecule has 0 saturated carbocycles. The number of hydrogen-bond acceptors (Lipinski definition) is 2. The molecule has 2 aromatic heterocycles. The van der Waals surface area contributed by atoms with Gasteiger partial charge in [-0.3, -0.25) is 0 Å². The molecule has 0 radical (unpaired) electrons. The van der Waals surface area contributed by atoms with Gasteiger partial charge in [0, 0.05) is 38.5 Å². The van der Waals surface area contributed by atoms with Crippen LogP contribution in [0.1, 0.15) is 17.5 Å². The van der Waals surface area contributed by atoms with Crippen LogP contribution in [-0.4, -0.2) is 14.5 Å². The van der Waals surface area contributed by atoms with Crippen LogP contribution in [0.4, 0.5) is 0 Å². The normalized spacial score (nSPS) is 12.3. The van der Waals surface area contributed by atoms with Crippen molar-refractivity contribution < 1.29 is 0 Å². The van der Waals surface area contributed by atoms with Gasteiger partial charge in [0.2, 0.25) is 0 Å². The summed E-state index contributed by atoms with van der Waals surface area (Å²) < 4.78 is 2.44. The molecule has 9 aromatic carbocycles. The molecule has 0 atom stereocenters. The van der Waals surface area contributed by atoms with Crippen molar-refractivity contribution in [3.63, 3.8) is 0 Å². The fourth-order valence-corrected chi connectivity index (χ4v) is 9.60. The van der Waals surface area contributed by atoms with E-state index in [2.05, 4.69) is 229 Å². The summed E-state index contributed by atoms with van der Waals surface area (Å²) in [4.78, 5) is 10.6. The molecule has 2 heterocycles. The molecule has 0 unspecified atom stereocenters. The van der Waals surface area contributed by atoms with Crippen LogP contribution in [0, 0.1) is 0 Å². The molecule has 12 rings (SSSR count). The SMILES string of the molecule is C1=Cc2c(cccc2-c2ccc(-c3nc(-c4cccc(-n5c6ccc(-c7ccccc7)cc6c6cc(-c7ccccc7)cc(-c7ccccc7)c65)c4)nc4ccccc34)cc2)CC1. The fraction of sp³-hybridized carbons (Fsp3) is 0.0333. The van der Waals surface area contributed by atoms with E-state index in [9.17, 15) is 0 Å². The number of allylic oxidation sites excluding steroid dienone is 1. The van der Waals surface area contributed by atoms with E-state index in [1.165, 1.54) is 66.4 Å². The maximum absolute atomic E-state index is 5.39. The highest BCUT2D eigenvalue weighted by atomic mass is 15.0. The van der Waals surface area contributed by atoms with Crippen molar-refractivity contribution in [3.8, 4) is 72.8 Å². The van der Waals surface area contributed by atoms with Gasteiger partial charge in [-0.15, -0.1) is 0 Å². The Morgan fingerprint density at radius 1 is 0.397 bits per heavy atom. The lowest BCUT2D eigenvalue weighted by Crippen LogP contribution is -1.99. The van der Waals surface area contributed by atoms with Gasteiger partial charge >= 0.3 is 0 Å². The standard InChI is InChI=1S/C60H41N3/c1-4-16-40(17-5-1)46-34-35-57-54(37-46)55-39-48(41-18-6-2-7-19-41)38-53(43-20-8-3-9-21-43)59(55)63(57)49-25-14-24-47(36-49)60-61-56-29-13-12-27-52(56)58(62-60)45-32-30-44(31-33-45)51-28-15-23-42-22-10-11-26-50(42)51/h1-9,11-21,23-39H,10,22H2. The summed E-state index contributed by atoms with van der Waals surface area (Å²) in [7, 11) is 0. The van der Waals surface area contributed by atoms with Crippen molar-refractivity contribution >= 4 is 38.8 Å². The van der Waals surface area contributed by atoms with Crippen LogP contribution >= 0.6 is 0 Å². The highest BCUT2D eigenvalue weighted by Crippen LogP contribution is 2.43. The topological polar surface area (TPSA) is 30.7 Å². The molecule has 0 bridgehead atoms. The summed E-state index contributed by atoms with van der Waals surface area (Å²) >= 11 is 0. The third kappa shape index (κ3) is 6.54. The maximum Gasteiger partial charge on any atom is 0.160 e. The first-order chi connectivity index (χ1) is 31.2. The zero-order valence-electron chi connectivity index (χ0n) is 34.6. The molecular formula is C60H41N3. The van der Waals surface area contributed by atoms with Crippen molar-refractivity contribution in [3.05, 3.63) is 230 Å². The van der Waals surface area contributed by atoms with Crippen LogP contribution in [0.3, 0.4) is 0 Å². The molecule has 0 spiro atoms. The molecule has 11 aromatic rings. The average Bonchev–Trinajstić information content (AvgIpc) is 3.70. The predicted molar refractivity (Wildman–Crippen MR) is 264 cm³/mol. The number of hydrogen-bond donors (Lipinski definition) is 0. The molecule has 1 aliphatic rings. The Morgan fingerprint density at radius 3 is 1.83 bits per heavy atom. The minimum Gasteiger partial charge on any atom is -0.309 e.